The number of nitrogens with two attached hydrogens (primary N) is 1. The summed E-state index contributed by atoms with van der Waals surface area (Å²) in [6.45, 7) is 0. The summed E-state index contributed by atoms with van der Waals surface area (Å²) in [6.07, 6.45) is 2.34. The van der Waals surface area contributed by atoms with E-state index in [-0.39, 0.29) is 17.4 Å². The largest absolute Gasteiger partial charge is 0.508 e. The van der Waals surface area contributed by atoms with Crippen molar-refractivity contribution in [2.24, 2.45) is 5.92 Å². The molecule has 17 heavy (non-hydrogen) atoms. The van der Waals surface area contributed by atoms with Crippen LogP contribution in [0.4, 0.5) is 5.69 Å². The first-order valence-corrected chi connectivity index (χ1v) is 7.56. The number of phenols is 1. The van der Waals surface area contributed by atoms with Crippen LogP contribution in [-0.4, -0.2) is 25.0 Å². The molecule has 2 rings (SSSR count). The zero-order chi connectivity index (χ0) is 12.5. The third kappa shape index (κ3) is 3.12. The van der Waals surface area contributed by atoms with E-state index in [2.05, 4.69) is 0 Å². The Morgan fingerprint density at radius 1 is 1.41 bits per heavy atom. The zero-order valence-corrected chi connectivity index (χ0v) is 10.4. The Kier molecular flexibility index (Phi) is 3.28. The molecule has 0 radical (unpaired) electrons. The fraction of sp³-hybridized carbons (Fsp3) is 0.500. The van der Waals surface area contributed by atoms with E-state index >= 15 is 0 Å². The van der Waals surface area contributed by atoms with Gasteiger partial charge >= 0.3 is 0 Å². The molecular formula is C12H17NO3S. The molecule has 0 spiro atoms. The Morgan fingerprint density at radius 3 is 2.82 bits per heavy atom. The van der Waals surface area contributed by atoms with E-state index in [4.69, 9.17) is 5.73 Å². The number of hydrogen-bond acceptors (Lipinski definition) is 4. The smallest absolute Gasteiger partial charge is 0.150 e. The van der Waals surface area contributed by atoms with Gasteiger partial charge in [0.1, 0.15) is 5.75 Å². The summed E-state index contributed by atoms with van der Waals surface area (Å²) in [5.41, 5.74) is 7.25. The molecule has 0 aliphatic carbocycles. The average molecular weight is 255 g/mol. The molecule has 0 bridgehead atoms. The van der Waals surface area contributed by atoms with Crippen LogP contribution in [-0.2, 0) is 16.3 Å². The van der Waals surface area contributed by atoms with Crippen molar-refractivity contribution < 1.29 is 13.5 Å². The number of benzene rings is 1. The number of anilines is 1. The van der Waals surface area contributed by atoms with Gasteiger partial charge in [0.05, 0.1) is 11.5 Å². The minimum absolute atomic E-state index is 0.141. The molecule has 0 amide bonds. The Bertz CT molecular complexity index is 510. The first-order chi connectivity index (χ1) is 7.96. The van der Waals surface area contributed by atoms with Crippen LogP contribution in [0.25, 0.3) is 0 Å². The summed E-state index contributed by atoms with van der Waals surface area (Å²) in [5, 5.41) is 9.25. The molecule has 1 aliphatic rings. The van der Waals surface area contributed by atoms with Crippen LogP contribution in [0.1, 0.15) is 18.4 Å². The second kappa shape index (κ2) is 4.56. The van der Waals surface area contributed by atoms with Gasteiger partial charge in [0.2, 0.25) is 0 Å². The van der Waals surface area contributed by atoms with Gasteiger partial charge in [0.25, 0.3) is 0 Å². The van der Waals surface area contributed by atoms with Crippen molar-refractivity contribution >= 4 is 15.5 Å². The SMILES string of the molecule is Nc1cc(O)ccc1CC1CCCS(=O)(=O)C1. The molecule has 0 saturated carbocycles. The lowest BCUT2D eigenvalue weighted by Gasteiger charge is -2.22. The normalized spacial score (nSPS) is 23.4. The van der Waals surface area contributed by atoms with Crippen LogP contribution in [0.5, 0.6) is 5.75 Å². The maximum atomic E-state index is 11.5. The summed E-state index contributed by atoms with van der Waals surface area (Å²) in [7, 11) is -2.86. The standard InChI is InChI=1S/C12H17NO3S/c13-12-7-11(14)4-3-10(12)6-9-2-1-5-17(15,16)8-9/h3-4,7,9,14H,1-2,5-6,8,13H2. The average Bonchev–Trinajstić information content (AvgIpc) is 2.21. The number of sulfone groups is 1. The Labute approximate surface area is 101 Å². The molecule has 1 atom stereocenters. The summed E-state index contributed by atoms with van der Waals surface area (Å²) in [6, 6.07) is 4.86. The molecule has 5 heteroatoms. The molecule has 3 N–H and O–H groups in total. The predicted octanol–water partition coefficient (Wildman–Crippen LogP) is 1.34. The fourth-order valence-electron chi connectivity index (χ4n) is 2.36. The quantitative estimate of drug-likeness (QED) is 0.781. The number of rotatable bonds is 2. The van der Waals surface area contributed by atoms with Crippen LogP contribution < -0.4 is 5.73 Å². The predicted molar refractivity (Wildman–Crippen MR) is 67.6 cm³/mol. The van der Waals surface area contributed by atoms with Gasteiger partial charge in [-0.05, 0) is 36.8 Å². The van der Waals surface area contributed by atoms with Gasteiger partial charge in [-0.1, -0.05) is 6.07 Å². The molecule has 0 aromatic heterocycles. The Morgan fingerprint density at radius 2 is 2.18 bits per heavy atom. The highest BCUT2D eigenvalue weighted by Crippen LogP contribution is 2.26. The number of nitrogen functional groups attached to an aromatic ring is 1. The van der Waals surface area contributed by atoms with Crippen LogP contribution in [0.2, 0.25) is 0 Å². The second-order valence-corrected chi connectivity index (χ2v) is 6.94. The summed E-state index contributed by atoms with van der Waals surface area (Å²) >= 11 is 0. The van der Waals surface area contributed by atoms with Crippen molar-refractivity contribution in [3.8, 4) is 5.75 Å². The van der Waals surface area contributed by atoms with Crippen molar-refractivity contribution in [1.29, 1.82) is 0 Å². The maximum Gasteiger partial charge on any atom is 0.150 e. The molecule has 1 fully saturated rings. The van der Waals surface area contributed by atoms with Gasteiger partial charge in [-0.2, -0.15) is 0 Å². The molecule has 94 valence electrons. The van der Waals surface area contributed by atoms with Gasteiger partial charge in [-0.25, -0.2) is 8.42 Å². The van der Waals surface area contributed by atoms with E-state index < -0.39 is 9.84 Å². The highest BCUT2D eigenvalue weighted by Gasteiger charge is 2.25. The summed E-state index contributed by atoms with van der Waals surface area (Å²) in [4.78, 5) is 0. The van der Waals surface area contributed by atoms with Gasteiger partial charge < -0.3 is 10.8 Å². The van der Waals surface area contributed by atoms with Gasteiger partial charge in [0, 0.05) is 11.8 Å². The van der Waals surface area contributed by atoms with E-state index in [9.17, 15) is 13.5 Å². The molecule has 1 aromatic carbocycles. The molecule has 1 saturated heterocycles. The number of aromatic hydroxyl groups is 1. The van der Waals surface area contributed by atoms with E-state index in [0.29, 0.717) is 17.9 Å². The lowest BCUT2D eigenvalue weighted by atomic mass is 9.95. The van der Waals surface area contributed by atoms with Gasteiger partial charge in [-0.3, -0.25) is 0 Å². The van der Waals surface area contributed by atoms with Crippen molar-refractivity contribution in [1.82, 2.24) is 0 Å². The van der Waals surface area contributed by atoms with Crippen LogP contribution in [0.3, 0.4) is 0 Å². The summed E-state index contributed by atoms with van der Waals surface area (Å²) < 4.78 is 23.0. The first-order valence-electron chi connectivity index (χ1n) is 5.74. The van der Waals surface area contributed by atoms with Crippen molar-refractivity contribution in [3.63, 3.8) is 0 Å². The highest BCUT2D eigenvalue weighted by atomic mass is 32.2. The Hall–Kier alpha value is -1.23. The Balaban J connectivity index is 2.10. The minimum atomic E-state index is -2.86. The lowest BCUT2D eigenvalue weighted by molar-refractivity contribution is 0.472. The first kappa shape index (κ1) is 12.2. The molecule has 1 unspecified atom stereocenters. The minimum Gasteiger partial charge on any atom is -0.508 e. The van der Waals surface area contributed by atoms with Crippen molar-refractivity contribution in [2.75, 3.05) is 17.2 Å². The van der Waals surface area contributed by atoms with Crippen LogP contribution >= 0.6 is 0 Å². The number of phenolic OH excluding ortho intramolecular Hbond substituents is 1. The topological polar surface area (TPSA) is 80.4 Å². The van der Waals surface area contributed by atoms with Gasteiger partial charge in [0.15, 0.2) is 9.84 Å². The van der Waals surface area contributed by atoms with Gasteiger partial charge in [-0.15, -0.1) is 0 Å². The molecule has 1 heterocycles. The maximum absolute atomic E-state index is 11.5. The van der Waals surface area contributed by atoms with Crippen LogP contribution in [0, 0.1) is 5.92 Å². The highest BCUT2D eigenvalue weighted by molar-refractivity contribution is 7.91. The second-order valence-electron chi connectivity index (χ2n) is 4.71. The zero-order valence-electron chi connectivity index (χ0n) is 9.59. The molecule has 4 nitrogen and oxygen atoms in total. The monoisotopic (exact) mass is 255 g/mol. The third-order valence-electron chi connectivity index (χ3n) is 3.20. The van der Waals surface area contributed by atoms with E-state index in [1.807, 2.05) is 0 Å². The number of hydrogen-bond donors (Lipinski definition) is 2. The molecular weight excluding hydrogens is 238 g/mol. The third-order valence-corrected chi connectivity index (χ3v) is 5.09. The summed E-state index contributed by atoms with van der Waals surface area (Å²) in [5.74, 6) is 0.866. The van der Waals surface area contributed by atoms with E-state index in [1.165, 1.54) is 6.07 Å². The van der Waals surface area contributed by atoms with E-state index in [1.54, 1.807) is 12.1 Å². The molecule has 1 aliphatic heterocycles. The molecule has 1 aromatic rings. The lowest BCUT2D eigenvalue weighted by Crippen LogP contribution is -2.26. The fourth-order valence-corrected chi connectivity index (χ4v) is 4.13. The van der Waals surface area contributed by atoms with Crippen molar-refractivity contribution in [2.45, 2.75) is 19.3 Å². The van der Waals surface area contributed by atoms with Crippen molar-refractivity contribution in [3.05, 3.63) is 23.8 Å². The van der Waals surface area contributed by atoms with Crippen LogP contribution in [0.15, 0.2) is 18.2 Å². The van der Waals surface area contributed by atoms with E-state index in [0.717, 1.165) is 18.4 Å².